The molecule has 0 aliphatic carbocycles. The van der Waals surface area contributed by atoms with E-state index < -0.39 is 0 Å². The van der Waals surface area contributed by atoms with E-state index in [-0.39, 0.29) is 11.6 Å². The minimum Gasteiger partial charge on any atom is -0.330 e. The predicted molar refractivity (Wildman–Crippen MR) is 69.4 cm³/mol. The van der Waals surface area contributed by atoms with Crippen molar-refractivity contribution in [2.75, 3.05) is 6.54 Å². The van der Waals surface area contributed by atoms with Gasteiger partial charge in [0.15, 0.2) is 0 Å². The Hall–Kier alpha value is -1.59. The SMILES string of the molecule is Cc1ccc(C(=O)c2csc(CCN)n2)cc1F. The monoisotopic (exact) mass is 264 g/mol. The Morgan fingerprint density at radius 1 is 1.50 bits per heavy atom. The highest BCUT2D eigenvalue weighted by atomic mass is 32.1. The normalized spacial score (nSPS) is 10.6. The van der Waals surface area contributed by atoms with Gasteiger partial charge in [0.2, 0.25) is 5.78 Å². The lowest BCUT2D eigenvalue weighted by Gasteiger charge is -2.00. The maximum absolute atomic E-state index is 13.4. The van der Waals surface area contributed by atoms with Crippen LogP contribution in [-0.4, -0.2) is 17.3 Å². The molecule has 3 nitrogen and oxygen atoms in total. The van der Waals surface area contributed by atoms with Crippen LogP contribution in [0.2, 0.25) is 0 Å². The molecule has 1 heterocycles. The number of hydrogen-bond acceptors (Lipinski definition) is 4. The van der Waals surface area contributed by atoms with Gasteiger partial charge in [-0.3, -0.25) is 4.79 Å². The summed E-state index contributed by atoms with van der Waals surface area (Å²) in [6.45, 7) is 2.16. The highest BCUT2D eigenvalue weighted by Crippen LogP contribution is 2.16. The molecule has 0 aliphatic rings. The van der Waals surface area contributed by atoms with Crippen molar-refractivity contribution < 1.29 is 9.18 Å². The average molecular weight is 264 g/mol. The Kier molecular flexibility index (Phi) is 3.84. The zero-order chi connectivity index (χ0) is 13.1. The number of aryl methyl sites for hydroxylation is 1. The fourth-order valence-electron chi connectivity index (χ4n) is 1.54. The largest absolute Gasteiger partial charge is 0.330 e. The molecule has 0 bridgehead atoms. The first-order valence-electron chi connectivity index (χ1n) is 5.57. The zero-order valence-electron chi connectivity index (χ0n) is 9.94. The second-order valence-corrected chi connectivity index (χ2v) is 4.90. The van der Waals surface area contributed by atoms with Crippen molar-refractivity contribution in [1.29, 1.82) is 0 Å². The van der Waals surface area contributed by atoms with Gasteiger partial charge >= 0.3 is 0 Å². The molecular formula is C13H13FN2OS. The van der Waals surface area contributed by atoms with Crippen LogP contribution in [0.3, 0.4) is 0 Å². The van der Waals surface area contributed by atoms with Crippen LogP contribution >= 0.6 is 11.3 Å². The number of rotatable bonds is 4. The van der Waals surface area contributed by atoms with Gasteiger partial charge < -0.3 is 5.73 Å². The third-order valence-corrected chi connectivity index (χ3v) is 3.49. The number of ketones is 1. The average Bonchev–Trinajstić information content (AvgIpc) is 2.81. The van der Waals surface area contributed by atoms with Crippen LogP contribution < -0.4 is 5.73 Å². The first-order chi connectivity index (χ1) is 8.61. The molecule has 2 N–H and O–H groups in total. The molecule has 0 radical (unpaired) electrons. The Balaban J connectivity index is 2.26. The Morgan fingerprint density at radius 2 is 2.28 bits per heavy atom. The summed E-state index contributed by atoms with van der Waals surface area (Å²) >= 11 is 1.40. The van der Waals surface area contributed by atoms with Gasteiger partial charge in [0, 0.05) is 17.4 Å². The van der Waals surface area contributed by atoms with Crippen LogP contribution in [-0.2, 0) is 6.42 Å². The fourth-order valence-corrected chi connectivity index (χ4v) is 2.33. The number of halogens is 1. The molecule has 1 aromatic heterocycles. The fraction of sp³-hybridized carbons (Fsp3) is 0.231. The number of nitrogens with zero attached hydrogens (tertiary/aromatic N) is 1. The van der Waals surface area contributed by atoms with E-state index in [1.807, 2.05) is 0 Å². The molecule has 1 aromatic carbocycles. The standard InChI is InChI=1S/C13H13FN2OS/c1-8-2-3-9(6-10(8)14)13(17)11-7-18-12(16-11)4-5-15/h2-3,6-7H,4-5,15H2,1H3. The van der Waals surface area contributed by atoms with E-state index in [4.69, 9.17) is 5.73 Å². The van der Waals surface area contributed by atoms with Crippen molar-refractivity contribution in [2.24, 2.45) is 5.73 Å². The van der Waals surface area contributed by atoms with Gasteiger partial charge in [-0.25, -0.2) is 9.37 Å². The summed E-state index contributed by atoms with van der Waals surface area (Å²) in [6, 6.07) is 4.46. The van der Waals surface area contributed by atoms with Gasteiger partial charge in [0.05, 0.1) is 5.01 Å². The van der Waals surface area contributed by atoms with Crippen LogP contribution in [0.25, 0.3) is 0 Å². The quantitative estimate of drug-likeness (QED) is 0.862. The molecule has 5 heteroatoms. The van der Waals surface area contributed by atoms with E-state index >= 15 is 0 Å². The molecule has 2 rings (SSSR count). The molecule has 0 aliphatic heterocycles. The molecular weight excluding hydrogens is 251 g/mol. The van der Waals surface area contributed by atoms with E-state index in [1.165, 1.54) is 17.4 Å². The van der Waals surface area contributed by atoms with E-state index in [0.29, 0.717) is 29.8 Å². The van der Waals surface area contributed by atoms with Gasteiger partial charge in [-0.15, -0.1) is 11.3 Å². The lowest BCUT2D eigenvalue weighted by atomic mass is 10.1. The van der Waals surface area contributed by atoms with Crippen molar-refractivity contribution in [3.05, 3.63) is 51.2 Å². The lowest BCUT2D eigenvalue weighted by Crippen LogP contribution is -2.05. The maximum Gasteiger partial charge on any atom is 0.212 e. The number of aromatic nitrogens is 1. The van der Waals surface area contributed by atoms with Crippen LogP contribution in [0.4, 0.5) is 4.39 Å². The number of hydrogen-bond donors (Lipinski definition) is 1. The van der Waals surface area contributed by atoms with Gasteiger partial charge in [0.1, 0.15) is 11.5 Å². The molecule has 0 saturated carbocycles. The van der Waals surface area contributed by atoms with Crippen molar-refractivity contribution in [1.82, 2.24) is 4.98 Å². The smallest absolute Gasteiger partial charge is 0.212 e. The molecule has 0 saturated heterocycles. The topological polar surface area (TPSA) is 56.0 Å². The summed E-state index contributed by atoms with van der Waals surface area (Å²) in [6.07, 6.45) is 0.653. The highest BCUT2D eigenvalue weighted by Gasteiger charge is 2.14. The third kappa shape index (κ3) is 2.63. The molecule has 0 unspecified atom stereocenters. The van der Waals surface area contributed by atoms with E-state index in [2.05, 4.69) is 4.98 Å². The van der Waals surface area contributed by atoms with Gasteiger partial charge in [-0.2, -0.15) is 0 Å². The number of carbonyl (C=O) groups is 1. The number of carbonyl (C=O) groups excluding carboxylic acids is 1. The minimum absolute atomic E-state index is 0.256. The second kappa shape index (κ2) is 5.37. The summed E-state index contributed by atoms with van der Waals surface area (Å²) in [4.78, 5) is 16.3. The summed E-state index contributed by atoms with van der Waals surface area (Å²) in [5.74, 6) is -0.633. The molecule has 2 aromatic rings. The number of benzene rings is 1. The molecule has 0 spiro atoms. The summed E-state index contributed by atoms with van der Waals surface area (Å²) in [5, 5.41) is 2.51. The van der Waals surface area contributed by atoms with Crippen LogP contribution in [0.1, 0.15) is 26.6 Å². The van der Waals surface area contributed by atoms with Crippen LogP contribution in [0.5, 0.6) is 0 Å². The maximum atomic E-state index is 13.4. The third-order valence-electron chi connectivity index (χ3n) is 2.58. The zero-order valence-corrected chi connectivity index (χ0v) is 10.8. The predicted octanol–water partition coefficient (Wildman–Crippen LogP) is 2.32. The van der Waals surface area contributed by atoms with E-state index in [1.54, 1.807) is 24.4 Å². The van der Waals surface area contributed by atoms with Crippen molar-refractivity contribution >= 4 is 17.1 Å². The van der Waals surface area contributed by atoms with Crippen molar-refractivity contribution in [3.63, 3.8) is 0 Å². The number of thiazole rings is 1. The minimum atomic E-state index is -0.377. The van der Waals surface area contributed by atoms with Crippen molar-refractivity contribution in [3.8, 4) is 0 Å². The molecule has 18 heavy (non-hydrogen) atoms. The highest BCUT2D eigenvalue weighted by molar-refractivity contribution is 7.09. The summed E-state index contributed by atoms with van der Waals surface area (Å²) in [5.41, 5.74) is 6.62. The first-order valence-corrected chi connectivity index (χ1v) is 6.45. The molecule has 0 fully saturated rings. The Labute approximate surface area is 108 Å². The lowest BCUT2D eigenvalue weighted by molar-refractivity contribution is 0.103. The van der Waals surface area contributed by atoms with E-state index in [9.17, 15) is 9.18 Å². The van der Waals surface area contributed by atoms with Crippen LogP contribution in [0, 0.1) is 12.7 Å². The van der Waals surface area contributed by atoms with Crippen molar-refractivity contribution in [2.45, 2.75) is 13.3 Å². The first kappa shape index (κ1) is 12.9. The second-order valence-electron chi connectivity index (χ2n) is 3.96. The van der Waals surface area contributed by atoms with Gasteiger partial charge in [0.25, 0.3) is 0 Å². The molecule has 0 amide bonds. The Morgan fingerprint density at radius 3 is 2.94 bits per heavy atom. The molecule has 0 atom stereocenters. The van der Waals surface area contributed by atoms with Gasteiger partial charge in [-0.05, 0) is 25.1 Å². The van der Waals surface area contributed by atoms with Crippen LogP contribution in [0.15, 0.2) is 23.6 Å². The Bertz CT molecular complexity index is 580. The summed E-state index contributed by atoms with van der Waals surface area (Å²) in [7, 11) is 0. The van der Waals surface area contributed by atoms with E-state index in [0.717, 1.165) is 5.01 Å². The van der Waals surface area contributed by atoms with Gasteiger partial charge in [-0.1, -0.05) is 12.1 Å². The number of nitrogens with two attached hydrogens (primary N) is 1. The molecule has 94 valence electrons. The summed E-state index contributed by atoms with van der Waals surface area (Å²) < 4.78 is 13.4.